The topological polar surface area (TPSA) is 82.5 Å². The van der Waals surface area contributed by atoms with E-state index >= 15 is 0 Å². The molecule has 0 saturated heterocycles. The molecule has 0 atom stereocenters. The Morgan fingerprint density at radius 1 is 1.33 bits per heavy atom. The van der Waals surface area contributed by atoms with Gasteiger partial charge >= 0.3 is 12.0 Å². The Balaban J connectivity index is 1.86. The molecule has 110 valence electrons. The van der Waals surface area contributed by atoms with Gasteiger partial charge < -0.3 is 15.3 Å². The number of nitrogens with one attached hydrogen (secondary N) is 1. The molecule has 0 fully saturated rings. The molecule has 0 aliphatic heterocycles. The Morgan fingerprint density at radius 3 is 2.62 bits per heavy atom. The van der Waals surface area contributed by atoms with Gasteiger partial charge in [-0.1, -0.05) is 12.1 Å². The first-order chi connectivity index (χ1) is 10.1. The summed E-state index contributed by atoms with van der Waals surface area (Å²) in [4.78, 5) is 28.3. The van der Waals surface area contributed by atoms with E-state index in [0.29, 0.717) is 13.1 Å². The van der Waals surface area contributed by atoms with Gasteiger partial charge in [0.1, 0.15) is 5.01 Å². The molecule has 0 aliphatic rings. The normalized spacial score (nSPS) is 10.1. The zero-order valence-corrected chi connectivity index (χ0v) is 12.3. The van der Waals surface area contributed by atoms with Crippen LogP contribution in [0.4, 0.5) is 4.79 Å². The highest BCUT2D eigenvalue weighted by Gasteiger charge is 2.10. The number of nitrogens with zero attached hydrogens (tertiary/aromatic N) is 2. The van der Waals surface area contributed by atoms with E-state index in [2.05, 4.69) is 10.3 Å². The van der Waals surface area contributed by atoms with Crippen molar-refractivity contribution < 1.29 is 14.7 Å². The first kappa shape index (κ1) is 15.0. The molecule has 2 amide bonds. The van der Waals surface area contributed by atoms with Crippen LogP contribution >= 0.6 is 11.3 Å². The van der Waals surface area contributed by atoms with Gasteiger partial charge in [0.05, 0.1) is 12.1 Å². The highest BCUT2D eigenvalue weighted by molar-refractivity contribution is 7.09. The number of aromatic nitrogens is 1. The first-order valence-electron chi connectivity index (χ1n) is 6.26. The number of carboxylic acid groups (broad SMARTS) is 1. The number of rotatable bonds is 5. The third-order valence-corrected chi connectivity index (χ3v) is 3.62. The highest BCUT2D eigenvalue weighted by atomic mass is 32.1. The molecule has 0 spiro atoms. The van der Waals surface area contributed by atoms with Crippen LogP contribution in [-0.4, -0.2) is 34.0 Å². The third kappa shape index (κ3) is 4.28. The number of urea groups is 1. The number of hydrogen-bond donors (Lipinski definition) is 2. The van der Waals surface area contributed by atoms with Gasteiger partial charge in [0, 0.05) is 25.2 Å². The van der Waals surface area contributed by atoms with Crippen molar-refractivity contribution in [1.82, 2.24) is 15.2 Å². The molecular weight excluding hydrogens is 290 g/mol. The lowest BCUT2D eigenvalue weighted by Crippen LogP contribution is -2.36. The summed E-state index contributed by atoms with van der Waals surface area (Å²) in [6, 6.07) is 6.26. The lowest BCUT2D eigenvalue weighted by atomic mass is 10.1. The number of aromatic carboxylic acids is 1. The summed E-state index contributed by atoms with van der Waals surface area (Å²) in [5.41, 5.74) is 1.10. The Bertz CT molecular complexity index is 611. The molecule has 7 heteroatoms. The molecule has 2 aromatic rings. The summed E-state index contributed by atoms with van der Waals surface area (Å²) in [7, 11) is 1.68. The average Bonchev–Trinajstić information content (AvgIpc) is 2.98. The fraction of sp³-hybridized carbons (Fsp3) is 0.214. The van der Waals surface area contributed by atoms with Crippen molar-refractivity contribution >= 4 is 23.3 Å². The van der Waals surface area contributed by atoms with Crippen LogP contribution in [0.15, 0.2) is 35.8 Å². The maximum Gasteiger partial charge on any atom is 0.335 e. The van der Waals surface area contributed by atoms with Crippen LogP contribution in [0.5, 0.6) is 0 Å². The number of hydrogen-bond acceptors (Lipinski definition) is 4. The first-order valence-corrected chi connectivity index (χ1v) is 7.14. The molecule has 1 heterocycles. The van der Waals surface area contributed by atoms with Crippen molar-refractivity contribution in [2.45, 2.75) is 13.1 Å². The van der Waals surface area contributed by atoms with Crippen LogP contribution in [0.2, 0.25) is 0 Å². The van der Waals surface area contributed by atoms with Crippen LogP contribution in [0.3, 0.4) is 0 Å². The SMILES string of the molecule is CN(Cc1ccc(C(=O)O)cc1)C(=O)NCc1nccs1. The summed E-state index contributed by atoms with van der Waals surface area (Å²) in [6.45, 7) is 0.808. The van der Waals surface area contributed by atoms with Crippen molar-refractivity contribution in [3.05, 3.63) is 52.0 Å². The van der Waals surface area contributed by atoms with Crippen LogP contribution < -0.4 is 5.32 Å². The minimum Gasteiger partial charge on any atom is -0.478 e. The number of carboxylic acids is 1. The van der Waals surface area contributed by atoms with Crippen LogP contribution in [-0.2, 0) is 13.1 Å². The number of benzene rings is 1. The zero-order valence-electron chi connectivity index (χ0n) is 11.4. The van der Waals surface area contributed by atoms with Gasteiger partial charge in [0.2, 0.25) is 0 Å². The zero-order chi connectivity index (χ0) is 15.2. The number of thiazole rings is 1. The molecule has 0 aliphatic carbocycles. The summed E-state index contributed by atoms with van der Waals surface area (Å²) in [5, 5.41) is 14.3. The number of amides is 2. The van der Waals surface area contributed by atoms with Crippen LogP contribution in [0.25, 0.3) is 0 Å². The Labute approximate surface area is 126 Å². The quantitative estimate of drug-likeness (QED) is 0.887. The molecule has 2 N–H and O–H groups in total. The van der Waals surface area contributed by atoms with E-state index in [9.17, 15) is 9.59 Å². The second kappa shape index (κ2) is 6.85. The molecule has 0 bridgehead atoms. The molecule has 21 heavy (non-hydrogen) atoms. The minimum atomic E-state index is -0.962. The third-order valence-electron chi connectivity index (χ3n) is 2.84. The van der Waals surface area contributed by atoms with E-state index in [1.807, 2.05) is 5.38 Å². The summed E-state index contributed by atoms with van der Waals surface area (Å²) in [6.07, 6.45) is 1.69. The second-order valence-corrected chi connectivity index (χ2v) is 5.42. The van der Waals surface area contributed by atoms with Crippen molar-refractivity contribution in [2.75, 3.05) is 7.05 Å². The molecular formula is C14H15N3O3S. The maximum atomic E-state index is 11.9. The predicted molar refractivity (Wildman–Crippen MR) is 79.2 cm³/mol. The molecule has 0 unspecified atom stereocenters. The molecule has 0 saturated carbocycles. The van der Waals surface area contributed by atoms with E-state index in [1.165, 1.54) is 28.4 Å². The molecule has 6 nitrogen and oxygen atoms in total. The Morgan fingerprint density at radius 2 is 2.05 bits per heavy atom. The smallest absolute Gasteiger partial charge is 0.335 e. The van der Waals surface area contributed by atoms with Crippen LogP contribution in [0.1, 0.15) is 20.9 Å². The van der Waals surface area contributed by atoms with E-state index in [0.717, 1.165) is 10.6 Å². The lowest BCUT2D eigenvalue weighted by molar-refractivity contribution is 0.0697. The van der Waals surface area contributed by atoms with Crippen LogP contribution in [0, 0.1) is 0 Å². The second-order valence-electron chi connectivity index (χ2n) is 4.44. The van der Waals surface area contributed by atoms with Gasteiger partial charge in [-0.3, -0.25) is 0 Å². The fourth-order valence-electron chi connectivity index (χ4n) is 1.72. The van der Waals surface area contributed by atoms with Gasteiger partial charge in [0.25, 0.3) is 0 Å². The van der Waals surface area contributed by atoms with Gasteiger partial charge in [-0.2, -0.15) is 0 Å². The molecule has 2 rings (SSSR count). The molecule has 1 aromatic heterocycles. The minimum absolute atomic E-state index is 0.201. The summed E-state index contributed by atoms with van der Waals surface area (Å²) in [5.74, 6) is -0.962. The number of carbonyl (C=O) groups excluding carboxylic acids is 1. The van der Waals surface area contributed by atoms with E-state index < -0.39 is 5.97 Å². The summed E-state index contributed by atoms with van der Waals surface area (Å²) < 4.78 is 0. The predicted octanol–water partition coefficient (Wildman–Crippen LogP) is 2.18. The highest BCUT2D eigenvalue weighted by Crippen LogP contribution is 2.08. The van der Waals surface area contributed by atoms with Crippen molar-refractivity contribution in [2.24, 2.45) is 0 Å². The van der Waals surface area contributed by atoms with E-state index in [4.69, 9.17) is 5.11 Å². The van der Waals surface area contributed by atoms with Gasteiger partial charge in [-0.15, -0.1) is 11.3 Å². The fourth-order valence-corrected chi connectivity index (χ4v) is 2.28. The van der Waals surface area contributed by atoms with E-state index in [1.54, 1.807) is 25.4 Å². The van der Waals surface area contributed by atoms with Crippen molar-refractivity contribution in [1.29, 1.82) is 0 Å². The summed E-state index contributed by atoms with van der Waals surface area (Å²) >= 11 is 1.48. The van der Waals surface area contributed by atoms with Crippen molar-refractivity contribution in [3.63, 3.8) is 0 Å². The average molecular weight is 305 g/mol. The Hall–Kier alpha value is -2.41. The standard InChI is InChI=1S/C14H15N3O3S/c1-17(14(20)16-8-12-15-6-7-21-12)9-10-2-4-11(5-3-10)13(18)19/h2-7H,8-9H2,1H3,(H,16,20)(H,18,19). The molecule has 0 radical (unpaired) electrons. The Kier molecular flexibility index (Phi) is 4.89. The largest absolute Gasteiger partial charge is 0.478 e. The lowest BCUT2D eigenvalue weighted by Gasteiger charge is -2.17. The van der Waals surface area contributed by atoms with Gasteiger partial charge in [-0.25, -0.2) is 14.6 Å². The van der Waals surface area contributed by atoms with Gasteiger partial charge in [-0.05, 0) is 17.7 Å². The van der Waals surface area contributed by atoms with Gasteiger partial charge in [0.15, 0.2) is 0 Å². The van der Waals surface area contributed by atoms with E-state index in [-0.39, 0.29) is 11.6 Å². The number of carbonyl (C=O) groups is 2. The maximum absolute atomic E-state index is 11.9. The van der Waals surface area contributed by atoms with Crippen molar-refractivity contribution in [3.8, 4) is 0 Å². The molecule has 1 aromatic carbocycles. The monoisotopic (exact) mass is 305 g/mol.